The van der Waals surface area contributed by atoms with Crippen molar-refractivity contribution in [3.63, 3.8) is 0 Å². The van der Waals surface area contributed by atoms with Gasteiger partial charge in [-0.2, -0.15) is 13.5 Å². The summed E-state index contributed by atoms with van der Waals surface area (Å²) in [6.07, 6.45) is 3.01. The molecule has 0 bridgehead atoms. The number of aromatic amines is 1. The van der Waals surface area contributed by atoms with E-state index in [0.29, 0.717) is 12.0 Å². The molecule has 1 fully saturated rings. The van der Waals surface area contributed by atoms with Gasteiger partial charge in [0.25, 0.3) is 10.1 Å². The van der Waals surface area contributed by atoms with Crippen LogP contribution in [0.15, 0.2) is 18.2 Å². The van der Waals surface area contributed by atoms with Crippen LogP contribution in [0.2, 0.25) is 0 Å². The second kappa shape index (κ2) is 5.29. The highest BCUT2D eigenvalue weighted by atomic mass is 32.2. The van der Waals surface area contributed by atoms with Crippen LogP contribution >= 0.6 is 0 Å². The van der Waals surface area contributed by atoms with Crippen LogP contribution in [0.3, 0.4) is 0 Å². The van der Waals surface area contributed by atoms with Crippen LogP contribution < -0.4 is 0 Å². The largest absolute Gasteiger partial charge is 0.302 e. The summed E-state index contributed by atoms with van der Waals surface area (Å²) in [6.45, 7) is 1.12. The lowest BCUT2D eigenvalue weighted by Crippen LogP contribution is -2.49. The van der Waals surface area contributed by atoms with Gasteiger partial charge in [0, 0.05) is 30.3 Å². The number of piperidine rings is 1. The van der Waals surface area contributed by atoms with E-state index in [1.54, 1.807) is 0 Å². The molecule has 1 aliphatic carbocycles. The van der Waals surface area contributed by atoms with Crippen molar-refractivity contribution >= 4 is 21.0 Å². The van der Waals surface area contributed by atoms with Crippen molar-refractivity contribution in [2.45, 2.75) is 24.8 Å². The number of aromatic nitrogens is 2. The normalized spacial score (nSPS) is 28.0. The summed E-state index contributed by atoms with van der Waals surface area (Å²) in [5, 5.41) is 8.87. The van der Waals surface area contributed by atoms with Gasteiger partial charge in [0.05, 0.1) is 24.1 Å². The number of benzene rings is 1. The van der Waals surface area contributed by atoms with Crippen molar-refractivity contribution in [3.8, 4) is 0 Å². The van der Waals surface area contributed by atoms with Crippen LogP contribution in [-0.4, -0.2) is 56.0 Å². The molecule has 3 atom stereocenters. The zero-order chi connectivity index (χ0) is 16.2. The van der Waals surface area contributed by atoms with E-state index in [-0.39, 0.29) is 12.5 Å². The summed E-state index contributed by atoms with van der Waals surface area (Å²) in [4.78, 5) is 2.33. The van der Waals surface area contributed by atoms with Gasteiger partial charge < -0.3 is 4.90 Å². The van der Waals surface area contributed by atoms with E-state index in [2.05, 4.69) is 40.3 Å². The Hall–Kier alpha value is -1.44. The first kappa shape index (κ1) is 15.1. The van der Waals surface area contributed by atoms with E-state index in [9.17, 15) is 8.42 Å². The third kappa shape index (κ3) is 2.66. The predicted octanol–water partition coefficient (Wildman–Crippen LogP) is 1.50. The third-order valence-corrected chi connectivity index (χ3v) is 5.74. The molecule has 2 aromatic rings. The molecule has 1 aromatic carbocycles. The number of likely N-dealkylation sites (N-methyl/N-ethyl adjacent to an activating group) is 1. The molecule has 2 aliphatic rings. The highest BCUT2D eigenvalue weighted by molar-refractivity contribution is 7.85. The van der Waals surface area contributed by atoms with Crippen molar-refractivity contribution in [3.05, 3.63) is 29.5 Å². The summed E-state index contributed by atoms with van der Waals surface area (Å²) in [5.74, 6) is 0.621. The van der Waals surface area contributed by atoms with Gasteiger partial charge in [0.15, 0.2) is 0 Å². The summed E-state index contributed by atoms with van der Waals surface area (Å²) < 4.78 is 27.6. The van der Waals surface area contributed by atoms with Crippen LogP contribution in [0, 0.1) is 5.92 Å². The standard InChI is InChI=1S/C16H21N3O3S/c1-19-8-10(9-22-23(2,20)21)6-12-11-4-3-5-13-16(11)14(18-17-13)7-15(12)19/h3-5,10,12,15H,6-9H2,1-2H3,(H,17,18)/t10?,12-,15-/m1/s1. The van der Waals surface area contributed by atoms with Gasteiger partial charge >= 0.3 is 0 Å². The van der Waals surface area contributed by atoms with E-state index in [4.69, 9.17) is 4.18 Å². The van der Waals surface area contributed by atoms with Crippen molar-refractivity contribution < 1.29 is 12.6 Å². The molecule has 124 valence electrons. The lowest BCUT2D eigenvalue weighted by Gasteiger charge is -2.45. The second-order valence-corrected chi connectivity index (χ2v) is 8.49. The molecule has 6 nitrogen and oxygen atoms in total. The Labute approximate surface area is 135 Å². The molecule has 4 rings (SSSR count). The molecule has 1 aromatic heterocycles. The van der Waals surface area contributed by atoms with Crippen LogP contribution in [0.1, 0.15) is 23.6 Å². The summed E-state index contributed by atoms with van der Waals surface area (Å²) >= 11 is 0. The highest BCUT2D eigenvalue weighted by Gasteiger charge is 2.40. The quantitative estimate of drug-likeness (QED) is 0.861. The minimum atomic E-state index is -3.38. The maximum Gasteiger partial charge on any atom is 0.264 e. The predicted molar refractivity (Wildman–Crippen MR) is 87.9 cm³/mol. The highest BCUT2D eigenvalue weighted by Crippen LogP contribution is 2.43. The Kier molecular flexibility index (Phi) is 3.48. The van der Waals surface area contributed by atoms with Gasteiger partial charge in [-0.25, -0.2) is 0 Å². The number of rotatable bonds is 3. The number of hydrogen-bond donors (Lipinski definition) is 1. The lowest BCUT2D eigenvalue weighted by atomic mass is 9.73. The summed E-state index contributed by atoms with van der Waals surface area (Å²) in [6, 6.07) is 6.74. The van der Waals surface area contributed by atoms with Crippen LogP contribution in [0.5, 0.6) is 0 Å². The maximum atomic E-state index is 11.3. The first-order chi connectivity index (χ1) is 10.9. The Morgan fingerprint density at radius 3 is 3.04 bits per heavy atom. The molecule has 2 heterocycles. The summed E-state index contributed by atoms with van der Waals surface area (Å²) in [5.41, 5.74) is 3.57. The van der Waals surface area contributed by atoms with Crippen LogP contribution in [0.25, 0.3) is 10.9 Å². The van der Waals surface area contributed by atoms with Gasteiger partial charge in [0.1, 0.15) is 0 Å². The first-order valence-electron chi connectivity index (χ1n) is 7.93. The molecule has 0 amide bonds. The fourth-order valence-corrected chi connectivity index (χ4v) is 4.68. The Bertz CT molecular complexity index is 845. The molecule has 0 spiro atoms. The lowest BCUT2D eigenvalue weighted by molar-refractivity contribution is 0.0851. The van der Waals surface area contributed by atoms with Gasteiger partial charge in [-0.15, -0.1) is 0 Å². The van der Waals surface area contributed by atoms with E-state index in [1.165, 1.54) is 10.9 Å². The molecular formula is C16H21N3O3S. The van der Waals surface area contributed by atoms with E-state index >= 15 is 0 Å². The second-order valence-electron chi connectivity index (χ2n) is 6.85. The third-order valence-electron chi connectivity index (χ3n) is 5.18. The van der Waals surface area contributed by atoms with Crippen molar-refractivity contribution in [2.24, 2.45) is 5.92 Å². The van der Waals surface area contributed by atoms with E-state index in [0.717, 1.165) is 36.9 Å². The number of nitrogens with one attached hydrogen (secondary N) is 1. The number of likely N-dealkylation sites (tertiary alicyclic amines) is 1. The SMILES string of the molecule is CN1CC(COS(C)(=O)=O)C[C@@H]2c3cccc4[nH]nc(c34)C[C@H]21. The maximum absolute atomic E-state index is 11.3. The van der Waals surface area contributed by atoms with Crippen LogP contribution in [0.4, 0.5) is 0 Å². The topological polar surface area (TPSA) is 75.3 Å². The van der Waals surface area contributed by atoms with E-state index in [1.807, 2.05) is 0 Å². The fourth-order valence-electron chi connectivity index (χ4n) is 4.24. The smallest absolute Gasteiger partial charge is 0.264 e. The minimum absolute atomic E-state index is 0.222. The number of hydrogen-bond acceptors (Lipinski definition) is 5. The molecule has 7 heteroatoms. The van der Waals surface area contributed by atoms with Gasteiger partial charge in [-0.3, -0.25) is 9.28 Å². The zero-order valence-electron chi connectivity index (χ0n) is 13.3. The fraction of sp³-hybridized carbons (Fsp3) is 0.562. The number of nitrogens with zero attached hydrogens (tertiary/aromatic N) is 2. The molecular weight excluding hydrogens is 314 g/mol. The van der Waals surface area contributed by atoms with Crippen molar-refractivity contribution in [1.82, 2.24) is 15.1 Å². The number of fused-ring (bicyclic) bond motifs is 2. The van der Waals surface area contributed by atoms with Crippen molar-refractivity contribution in [1.29, 1.82) is 0 Å². The van der Waals surface area contributed by atoms with Crippen molar-refractivity contribution in [2.75, 3.05) is 26.5 Å². The molecule has 1 aliphatic heterocycles. The van der Waals surface area contributed by atoms with Gasteiger partial charge in [0.2, 0.25) is 0 Å². The molecule has 1 unspecified atom stereocenters. The molecule has 0 radical (unpaired) electrons. The number of H-pyrrole nitrogens is 1. The van der Waals surface area contributed by atoms with E-state index < -0.39 is 10.1 Å². The first-order valence-corrected chi connectivity index (χ1v) is 9.74. The van der Waals surface area contributed by atoms with Gasteiger partial charge in [-0.1, -0.05) is 12.1 Å². The minimum Gasteiger partial charge on any atom is -0.302 e. The Morgan fingerprint density at radius 2 is 2.26 bits per heavy atom. The average Bonchev–Trinajstić information content (AvgIpc) is 2.90. The Balaban J connectivity index is 1.65. The average molecular weight is 335 g/mol. The molecule has 0 saturated carbocycles. The monoisotopic (exact) mass is 335 g/mol. The summed E-state index contributed by atoms with van der Waals surface area (Å²) in [7, 11) is -1.27. The molecule has 1 N–H and O–H groups in total. The zero-order valence-corrected chi connectivity index (χ0v) is 14.1. The molecule has 23 heavy (non-hydrogen) atoms. The Morgan fingerprint density at radius 1 is 1.43 bits per heavy atom. The van der Waals surface area contributed by atoms with Gasteiger partial charge in [-0.05, 0) is 31.0 Å². The van der Waals surface area contributed by atoms with Crippen LogP contribution in [-0.2, 0) is 20.7 Å². The molecule has 1 saturated heterocycles.